The number of aldehydes is 1. The van der Waals surface area contributed by atoms with Gasteiger partial charge in [0.1, 0.15) is 12.9 Å². The van der Waals surface area contributed by atoms with Crippen molar-refractivity contribution in [2.75, 3.05) is 13.7 Å². The standard InChI is InChI=1S/C16H13BrO5S/c1-9(19)8-22-13-12(17)14(23-15(13)16(20)21-2)11-5-3-4-10(6-11)7-18/h3-7H,8H2,1-2H3. The first-order valence-electron chi connectivity index (χ1n) is 6.56. The van der Waals surface area contributed by atoms with Crippen molar-refractivity contribution in [1.29, 1.82) is 0 Å². The van der Waals surface area contributed by atoms with Crippen molar-refractivity contribution >= 4 is 45.3 Å². The molecule has 1 aromatic heterocycles. The summed E-state index contributed by atoms with van der Waals surface area (Å²) in [6.45, 7) is 1.25. The number of hydrogen-bond acceptors (Lipinski definition) is 6. The summed E-state index contributed by atoms with van der Waals surface area (Å²) in [6.07, 6.45) is 0.749. The Morgan fingerprint density at radius 1 is 1.35 bits per heavy atom. The molecule has 0 saturated heterocycles. The number of esters is 1. The van der Waals surface area contributed by atoms with Crippen LogP contribution in [0.2, 0.25) is 0 Å². The first-order chi connectivity index (χ1) is 11.0. The predicted molar refractivity (Wildman–Crippen MR) is 90.4 cm³/mol. The van der Waals surface area contributed by atoms with Crippen LogP contribution >= 0.6 is 27.3 Å². The molecule has 0 fully saturated rings. The number of carbonyl (C=O) groups excluding carboxylic acids is 3. The van der Waals surface area contributed by atoms with E-state index in [0.29, 0.717) is 14.9 Å². The second kappa shape index (κ2) is 7.52. The van der Waals surface area contributed by atoms with Crippen LogP contribution in [0.4, 0.5) is 0 Å². The van der Waals surface area contributed by atoms with Crippen LogP contribution in [0, 0.1) is 0 Å². The molecule has 1 aromatic carbocycles. The molecule has 0 bridgehead atoms. The maximum absolute atomic E-state index is 11.9. The molecule has 2 rings (SSSR count). The molecule has 0 aliphatic heterocycles. The molecule has 5 nitrogen and oxygen atoms in total. The van der Waals surface area contributed by atoms with Crippen molar-refractivity contribution in [3.8, 4) is 16.2 Å². The summed E-state index contributed by atoms with van der Waals surface area (Å²) in [5, 5.41) is 0. The minimum absolute atomic E-state index is 0.146. The second-order valence-electron chi connectivity index (χ2n) is 4.63. The zero-order valence-electron chi connectivity index (χ0n) is 12.4. The molecule has 0 spiro atoms. The number of methoxy groups -OCH3 is 1. The highest BCUT2D eigenvalue weighted by Gasteiger charge is 2.25. The summed E-state index contributed by atoms with van der Waals surface area (Å²) < 4.78 is 10.8. The SMILES string of the molecule is COC(=O)c1sc(-c2cccc(C=O)c2)c(Br)c1OCC(C)=O. The lowest BCUT2D eigenvalue weighted by atomic mass is 10.1. The van der Waals surface area contributed by atoms with Crippen LogP contribution in [0.5, 0.6) is 5.75 Å². The van der Waals surface area contributed by atoms with Crippen LogP contribution in [-0.2, 0) is 9.53 Å². The van der Waals surface area contributed by atoms with Gasteiger partial charge in [-0.25, -0.2) is 4.79 Å². The average Bonchev–Trinajstić information content (AvgIpc) is 2.89. The third-order valence-electron chi connectivity index (χ3n) is 2.88. The molecule has 7 heteroatoms. The summed E-state index contributed by atoms with van der Waals surface area (Å²) in [5.74, 6) is -0.445. The Bertz CT molecular complexity index is 766. The minimum Gasteiger partial charge on any atom is -0.483 e. The fraction of sp³-hybridized carbons (Fsp3) is 0.188. The van der Waals surface area contributed by atoms with Gasteiger partial charge in [0, 0.05) is 5.56 Å². The van der Waals surface area contributed by atoms with Gasteiger partial charge in [-0.1, -0.05) is 18.2 Å². The van der Waals surface area contributed by atoms with E-state index in [1.807, 2.05) is 6.07 Å². The first-order valence-corrected chi connectivity index (χ1v) is 8.17. The zero-order valence-corrected chi connectivity index (χ0v) is 14.8. The van der Waals surface area contributed by atoms with Gasteiger partial charge in [0.15, 0.2) is 16.4 Å². The van der Waals surface area contributed by atoms with E-state index in [2.05, 4.69) is 15.9 Å². The fourth-order valence-corrected chi connectivity index (χ4v) is 3.83. The van der Waals surface area contributed by atoms with E-state index in [0.717, 1.165) is 11.8 Å². The maximum Gasteiger partial charge on any atom is 0.351 e. The van der Waals surface area contributed by atoms with Crippen LogP contribution in [-0.4, -0.2) is 31.8 Å². The van der Waals surface area contributed by atoms with E-state index >= 15 is 0 Å². The molecular weight excluding hydrogens is 384 g/mol. The Hall–Kier alpha value is -1.99. The van der Waals surface area contributed by atoms with Crippen LogP contribution in [0.3, 0.4) is 0 Å². The molecule has 0 aliphatic carbocycles. The minimum atomic E-state index is -0.549. The van der Waals surface area contributed by atoms with E-state index in [1.165, 1.54) is 25.4 Å². The first kappa shape index (κ1) is 17.4. The van der Waals surface area contributed by atoms with Crippen molar-refractivity contribution in [1.82, 2.24) is 0 Å². The summed E-state index contributed by atoms with van der Waals surface area (Å²) >= 11 is 4.58. The van der Waals surface area contributed by atoms with Crippen LogP contribution < -0.4 is 4.74 Å². The molecule has 1 heterocycles. The molecule has 0 radical (unpaired) electrons. The molecule has 0 N–H and O–H groups in total. The van der Waals surface area contributed by atoms with E-state index < -0.39 is 5.97 Å². The number of ketones is 1. The lowest BCUT2D eigenvalue weighted by Crippen LogP contribution is -2.09. The zero-order chi connectivity index (χ0) is 17.0. The van der Waals surface area contributed by atoms with E-state index in [1.54, 1.807) is 18.2 Å². The lowest BCUT2D eigenvalue weighted by molar-refractivity contribution is -0.118. The smallest absolute Gasteiger partial charge is 0.351 e. The molecule has 0 unspecified atom stereocenters. The molecule has 0 amide bonds. The van der Waals surface area contributed by atoms with Crippen LogP contribution in [0.15, 0.2) is 28.7 Å². The Morgan fingerprint density at radius 3 is 2.70 bits per heavy atom. The van der Waals surface area contributed by atoms with Gasteiger partial charge < -0.3 is 9.47 Å². The molecule has 0 atom stereocenters. The topological polar surface area (TPSA) is 69.7 Å². The van der Waals surface area contributed by atoms with E-state index in [9.17, 15) is 14.4 Å². The summed E-state index contributed by atoms with van der Waals surface area (Å²) in [5.41, 5.74) is 1.28. The Labute approximate surface area is 145 Å². The normalized spacial score (nSPS) is 10.2. The number of ether oxygens (including phenoxy) is 2. The molecule has 23 heavy (non-hydrogen) atoms. The summed E-state index contributed by atoms with van der Waals surface area (Å²) in [6, 6.07) is 6.96. The Morgan fingerprint density at radius 2 is 2.09 bits per heavy atom. The number of carbonyl (C=O) groups is 3. The average molecular weight is 397 g/mol. The van der Waals surface area contributed by atoms with Gasteiger partial charge in [-0.05, 0) is 34.5 Å². The quantitative estimate of drug-likeness (QED) is 0.549. The number of Topliss-reactive ketones (excluding diaryl/α,β-unsaturated/α-hetero) is 1. The van der Waals surface area contributed by atoms with Gasteiger partial charge in [0.25, 0.3) is 0 Å². The highest BCUT2D eigenvalue weighted by molar-refractivity contribution is 9.10. The highest BCUT2D eigenvalue weighted by Crippen LogP contribution is 2.46. The van der Waals surface area contributed by atoms with Gasteiger partial charge in [-0.3, -0.25) is 9.59 Å². The van der Waals surface area contributed by atoms with Gasteiger partial charge in [0.05, 0.1) is 16.5 Å². The molecule has 2 aromatic rings. The highest BCUT2D eigenvalue weighted by atomic mass is 79.9. The molecule has 0 saturated carbocycles. The summed E-state index contributed by atoms with van der Waals surface area (Å²) in [4.78, 5) is 35.0. The van der Waals surface area contributed by atoms with Crippen molar-refractivity contribution in [3.63, 3.8) is 0 Å². The Balaban J connectivity index is 2.53. The monoisotopic (exact) mass is 396 g/mol. The van der Waals surface area contributed by atoms with E-state index in [4.69, 9.17) is 9.47 Å². The fourth-order valence-electron chi connectivity index (χ4n) is 1.86. The number of hydrogen-bond donors (Lipinski definition) is 0. The Kier molecular flexibility index (Phi) is 5.68. The van der Waals surface area contributed by atoms with Gasteiger partial charge in [-0.2, -0.15) is 0 Å². The van der Waals surface area contributed by atoms with Gasteiger partial charge >= 0.3 is 5.97 Å². The molecular formula is C16H13BrO5S. The molecule has 0 aliphatic rings. The van der Waals surface area contributed by atoms with Crippen molar-refractivity contribution in [2.45, 2.75) is 6.92 Å². The maximum atomic E-state index is 11.9. The third kappa shape index (κ3) is 3.86. The largest absolute Gasteiger partial charge is 0.483 e. The van der Waals surface area contributed by atoms with Gasteiger partial charge in [-0.15, -0.1) is 11.3 Å². The number of rotatable bonds is 6. The number of benzene rings is 1. The van der Waals surface area contributed by atoms with E-state index in [-0.39, 0.29) is 23.0 Å². The van der Waals surface area contributed by atoms with Crippen molar-refractivity contribution in [2.24, 2.45) is 0 Å². The summed E-state index contributed by atoms with van der Waals surface area (Å²) in [7, 11) is 1.28. The van der Waals surface area contributed by atoms with Crippen molar-refractivity contribution < 1.29 is 23.9 Å². The second-order valence-corrected chi connectivity index (χ2v) is 6.44. The van der Waals surface area contributed by atoms with Gasteiger partial charge in [0.2, 0.25) is 0 Å². The lowest BCUT2D eigenvalue weighted by Gasteiger charge is -2.05. The molecule has 120 valence electrons. The number of halogens is 1. The third-order valence-corrected chi connectivity index (χ3v) is 5.10. The van der Waals surface area contributed by atoms with Crippen LogP contribution in [0.25, 0.3) is 10.4 Å². The number of thiophene rings is 1. The van der Waals surface area contributed by atoms with Crippen molar-refractivity contribution in [3.05, 3.63) is 39.2 Å². The van der Waals surface area contributed by atoms with Crippen LogP contribution in [0.1, 0.15) is 27.0 Å². The predicted octanol–water partition coefficient (Wildman–Crippen LogP) is 3.74.